The zero-order chi connectivity index (χ0) is 8.81. The molecular weight excluding hydrogens is 154 g/mol. The minimum absolute atomic E-state index is 0.142. The van der Waals surface area contributed by atoms with Gasteiger partial charge in [0, 0.05) is 17.0 Å². The molecule has 0 aromatic rings. The molecule has 12 heavy (non-hydrogen) atoms. The van der Waals surface area contributed by atoms with E-state index < -0.39 is 0 Å². The van der Waals surface area contributed by atoms with E-state index in [2.05, 4.69) is 21.4 Å². The molecule has 2 unspecified atom stereocenters. The molecule has 0 radical (unpaired) electrons. The zero-order valence-corrected chi connectivity index (χ0v) is 6.85. The van der Waals surface area contributed by atoms with E-state index in [-0.39, 0.29) is 12.1 Å². The van der Waals surface area contributed by atoms with Gasteiger partial charge in [-0.15, -0.1) is 0 Å². The van der Waals surface area contributed by atoms with E-state index in [4.69, 9.17) is 11.3 Å². The molecule has 1 rings (SSSR count). The number of azide groups is 1. The minimum Gasteiger partial charge on any atom is -0.326 e. The third-order valence-electron chi connectivity index (χ3n) is 1.93. The first-order valence-corrected chi connectivity index (χ1v) is 4.01. The highest BCUT2D eigenvalue weighted by Gasteiger charge is 2.15. The first kappa shape index (κ1) is 9.06. The summed E-state index contributed by atoms with van der Waals surface area (Å²) in [6.45, 7) is 0.305. The summed E-state index contributed by atoms with van der Waals surface area (Å²) in [5.41, 5.74) is 13.8. The lowest BCUT2D eigenvalue weighted by Crippen LogP contribution is -2.45. The molecule has 1 aliphatic carbocycles. The molecule has 0 bridgehead atoms. The van der Waals surface area contributed by atoms with Crippen molar-refractivity contribution in [3.8, 4) is 0 Å². The lowest BCUT2D eigenvalue weighted by atomic mass is 9.98. The fourth-order valence-electron chi connectivity index (χ4n) is 1.25. The first-order chi connectivity index (χ1) is 5.84. The maximum absolute atomic E-state index is 8.03. The number of hydrogen-bond acceptors (Lipinski definition) is 3. The fourth-order valence-corrected chi connectivity index (χ4v) is 1.25. The Morgan fingerprint density at radius 2 is 2.58 bits per heavy atom. The van der Waals surface area contributed by atoms with Crippen molar-refractivity contribution < 1.29 is 0 Å². The van der Waals surface area contributed by atoms with Crippen LogP contribution in [0.2, 0.25) is 0 Å². The van der Waals surface area contributed by atoms with Gasteiger partial charge in [0.1, 0.15) is 0 Å². The maximum Gasteiger partial charge on any atom is 0.0751 e. The molecule has 5 heteroatoms. The molecule has 5 nitrogen and oxygen atoms in total. The highest BCUT2D eigenvalue weighted by molar-refractivity contribution is 5.03. The van der Waals surface area contributed by atoms with Crippen LogP contribution < -0.4 is 11.1 Å². The van der Waals surface area contributed by atoms with Gasteiger partial charge in [0.05, 0.1) is 6.67 Å². The van der Waals surface area contributed by atoms with E-state index in [1.807, 2.05) is 6.08 Å². The Morgan fingerprint density at radius 3 is 3.25 bits per heavy atom. The summed E-state index contributed by atoms with van der Waals surface area (Å²) in [6.07, 6.45) is 6.16. The van der Waals surface area contributed by atoms with E-state index in [9.17, 15) is 0 Å². The average molecular weight is 167 g/mol. The highest BCUT2D eigenvalue weighted by Crippen LogP contribution is 2.08. The van der Waals surface area contributed by atoms with E-state index in [0.717, 1.165) is 12.8 Å². The molecule has 0 heterocycles. The topological polar surface area (TPSA) is 86.8 Å². The maximum atomic E-state index is 8.03. The molecule has 0 saturated heterocycles. The van der Waals surface area contributed by atoms with Crippen molar-refractivity contribution in [1.29, 1.82) is 0 Å². The molecule has 1 aliphatic rings. The van der Waals surface area contributed by atoms with Gasteiger partial charge in [0.15, 0.2) is 0 Å². The van der Waals surface area contributed by atoms with Crippen LogP contribution in [-0.4, -0.2) is 18.8 Å². The lowest BCUT2D eigenvalue weighted by molar-refractivity contribution is 0.462. The second-order valence-corrected chi connectivity index (χ2v) is 2.79. The Morgan fingerprint density at radius 1 is 1.75 bits per heavy atom. The van der Waals surface area contributed by atoms with Crippen LogP contribution in [0.15, 0.2) is 17.3 Å². The van der Waals surface area contributed by atoms with Crippen molar-refractivity contribution in [3.05, 3.63) is 22.6 Å². The Balaban J connectivity index is 2.34. The van der Waals surface area contributed by atoms with E-state index in [1.165, 1.54) is 0 Å². The van der Waals surface area contributed by atoms with Crippen LogP contribution in [0.3, 0.4) is 0 Å². The van der Waals surface area contributed by atoms with Crippen molar-refractivity contribution >= 4 is 0 Å². The van der Waals surface area contributed by atoms with Crippen LogP contribution >= 0.6 is 0 Å². The van der Waals surface area contributed by atoms with Crippen LogP contribution in [0.5, 0.6) is 0 Å². The van der Waals surface area contributed by atoms with Gasteiger partial charge in [-0.05, 0) is 18.4 Å². The normalized spacial score (nSPS) is 28.1. The molecule has 2 atom stereocenters. The Kier molecular flexibility index (Phi) is 3.60. The lowest BCUT2D eigenvalue weighted by Gasteiger charge is -2.24. The van der Waals surface area contributed by atoms with Gasteiger partial charge in [-0.2, -0.15) is 0 Å². The summed E-state index contributed by atoms with van der Waals surface area (Å²) in [5, 5.41) is 6.42. The summed E-state index contributed by atoms with van der Waals surface area (Å²) in [5.74, 6) is 0. The van der Waals surface area contributed by atoms with Gasteiger partial charge in [0.25, 0.3) is 0 Å². The SMILES string of the molecule is [N-]=[N+]=NCNC1C=CCCC1N. The first-order valence-electron chi connectivity index (χ1n) is 4.01. The largest absolute Gasteiger partial charge is 0.326 e. The van der Waals surface area contributed by atoms with Gasteiger partial charge in [-0.3, -0.25) is 0 Å². The number of nitrogens with one attached hydrogen (secondary N) is 1. The second-order valence-electron chi connectivity index (χ2n) is 2.79. The number of allylic oxidation sites excluding steroid dienone is 1. The van der Waals surface area contributed by atoms with Crippen LogP contribution in [0.25, 0.3) is 10.4 Å². The van der Waals surface area contributed by atoms with Gasteiger partial charge in [0.2, 0.25) is 0 Å². The molecule has 0 fully saturated rings. The molecule has 66 valence electrons. The molecular formula is C7H13N5. The van der Waals surface area contributed by atoms with E-state index >= 15 is 0 Å². The van der Waals surface area contributed by atoms with Crippen molar-refractivity contribution in [1.82, 2.24) is 5.32 Å². The van der Waals surface area contributed by atoms with E-state index in [0.29, 0.717) is 6.67 Å². The summed E-state index contributed by atoms with van der Waals surface area (Å²) >= 11 is 0. The van der Waals surface area contributed by atoms with Gasteiger partial charge in [-0.25, -0.2) is 0 Å². The molecule has 3 N–H and O–H groups in total. The van der Waals surface area contributed by atoms with Crippen molar-refractivity contribution in [3.63, 3.8) is 0 Å². The Labute approximate surface area is 71.3 Å². The van der Waals surface area contributed by atoms with Crippen molar-refractivity contribution in [2.45, 2.75) is 24.9 Å². The van der Waals surface area contributed by atoms with E-state index in [1.54, 1.807) is 0 Å². The zero-order valence-electron chi connectivity index (χ0n) is 6.85. The number of rotatable bonds is 3. The fraction of sp³-hybridized carbons (Fsp3) is 0.714. The van der Waals surface area contributed by atoms with Gasteiger partial charge in [-0.1, -0.05) is 17.3 Å². The van der Waals surface area contributed by atoms with Gasteiger partial charge < -0.3 is 11.1 Å². The third-order valence-corrected chi connectivity index (χ3v) is 1.93. The minimum atomic E-state index is 0.142. The van der Waals surface area contributed by atoms with Gasteiger partial charge >= 0.3 is 0 Å². The number of nitrogens with two attached hydrogens (primary N) is 1. The predicted molar refractivity (Wildman–Crippen MR) is 47.3 cm³/mol. The Bertz CT molecular complexity index is 206. The summed E-state index contributed by atoms with van der Waals surface area (Å²) in [7, 11) is 0. The molecule has 0 spiro atoms. The summed E-state index contributed by atoms with van der Waals surface area (Å²) < 4.78 is 0. The van der Waals surface area contributed by atoms with Crippen molar-refractivity contribution in [2.24, 2.45) is 10.8 Å². The second kappa shape index (κ2) is 4.77. The molecule has 0 aliphatic heterocycles. The predicted octanol–water partition coefficient (Wildman–Crippen LogP) is 0.890. The molecule has 0 saturated carbocycles. The highest BCUT2D eigenvalue weighted by atomic mass is 15.2. The van der Waals surface area contributed by atoms with Crippen molar-refractivity contribution in [2.75, 3.05) is 6.67 Å². The summed E-state index contributed by atoms with van der Waals surface area (Å²) in [4.78, 5) is 2.64. The quantitative estimate of drug-likeness (QED) is 0.283. The third kappa shape index (κ3) is 2.54. The number of nitrogens with zero attached hydrogens (tertiary/aromatic N) is 3. The number of hydrogen-bond donors (Lipinski definition) is 2. The van der Waals surface area contributed by atoms with Crippen LogP contribution in [-0.2, 0) is 0 Å². The average Bonchev–Trinajstić information content (AvgIpc) is 2.09. The monoisotopic (exact) mass is 167 g/mol. The molecule has 0 aromatic carbocycles. The van der Waals surface area contributed by atoms with Crippen LogP contribution in [0, 0.1) is 0 Å². The smallest absolute Gasteiger partial charge is 0.0751 e. The van der Waals surface area contributed by atoms with Crippen LogP contribution in [0.4, 0.5) is 0 Å². The molecule has 0 aromatic heterocycles. The summed E-state index contributed by atoms with van der Waals surface area (Å²) in [6, 6.07) is 0.299. The van der Waals surface area contributed by atoms with Crippen LogP contribution in [0.1, 0.15) is 12.8 Å². The standard InChI is InChI=1S/C7H13N5/c8-6-3-1-2-4-7(6)10-5-11-12-9/h2,4,6-7,10H,1,3,5,8H2. The Hall–Kier alpha value is -1.03. The molecule has 0 amide bonds.